The van der Waals surface area contributed by atoms with Gasteiger partial charge in [0.05, 0.1) is 40.1 Å². The summed E-state index contributed by atoms with van der Waals surface area (Å²) < 4.78 is 61.0. The summed E-state index contributed by atoms with van der Waals surface area (Å²) in [5, 5.41) is 6.28. The lowest BCUT2D eigenvalue weighted by Gasteiger charge is -2.50. The standard InChI is InChI=1S/C18H22N2O2S.C9H16O.C8H5F4NO/c1-9-11-4-5-12(8-11)16(9)20-18(21)15-14(22-3)7-6-13-17(15)23-10(2)19-13;1-3-9(2)5-7-4-8(6-9)10-7;9-7-2-1-5(13-4-14)3-6(7)8(10,11)12/h6-7,9,11-12,16H,4-5,8H2,1-3H3,(H,20,21);7-8H,3-6H2,1-2H3;1-4H,(H,13,14). The third-order valence-corrected chi connectivity index (χ3v) is 11.4. The van der Waals surface area contributed by atoms with Gasteiger partial charge in [-0.05, 0) is 98.9 Å². The first-order valence-electron chi connectivity index (χ1n) is 16.2. The number of aryl methyl sites for hydroxylation is 1. The molecule has 3 aliphatic carbocycles. The maximum atomic E-state index is 13.0. The quantitative estimate of drug-likeness (QED) is 0.202. The second kappa shape index (κ2) is 14.1. The number of nitrogens with one attached hydrogen (secondary N) is 2. The third-order valence-electron chi connectivity index (χ3n) is 10.4. The van der Waals surface area contributed by atoms with Gasteiger partial charge in [-0.1, -0.05) is 27.2 Å². The van der Waals surface area contributed by atoms with Crippen LogP contribution in [0.15, 0.2) is 30.3 Å². The summed E-state index contributed by atoms with van der Waals surface area (Å²) in [5.41, 5.74) is 0.634. The van der Waals surface area contributed by atoms with Crippen molar-refractivity contribution < 1.29 is 36.6 Å². The van der Waals surface area contributed by atoms with E-state index in [-0.39, 0.29) is 18.0 Å². The molecule has 47 heavy (non-hydrogen) atoms. The van der Waals surface area contributed by atoms with Crippen LogP contribution in [-0.4, -0.2) is 42.7 Å². The van der Waals surface area contributed by atoms with E-state index >= 15 is 0 Å². The Hall–Kier alpha value is -3.25. The van der Waals surface area contributed by atoms with E-state index in [1.807, 2.05) is 24.4 Å². The van der Waals surface area contributed by atoms with E-state index < -0.39 is 17.6 Å². The monoisotopic (exact) mass is 677 g/mol. The molecule has 4 bridgehead atoms. The van der Waals surface area contributed by atoms with Gasteiger partial charge in [0.2, 0.25) is 6.41 Å². The maximum Gasteiger partial charge on any atom is 0.419 e. The lowest BCUT2D eigenvalue weighted by molar-refractivity contribution is -0.194. The highest BCUT2D eigenvalue weighted by molar-refractivity contribution is 7.19. The fourth-order valence-corrected chi connectivity index (χ4v) is 8.66. The zero-order valence-corrected chi connectivity index (χ0v) is 28.2. The Morgan fingerprint density at radius 2 is 1.83 bits per heavy atom. The van der Waals surface area contributed by atoms with E-state index in [0.29, 0.717) is 58.9 Å². The van der Waals surface area contributed by atoms with Crippen LogP contribution >= 0.6 is 11.3 Å². The van der Waals surface area contributed by atoms with Crippen LogP contribution in [-0.2, 0) is 15.7 Å². The number of aromatic nitrogens is 1. The Kier molecular flexibility index (Phi) is 10.5. The molecule has 2 N–H and O–H groups in total. The number of amides is 2. The van der Waals surface area contributed by atoms with Crippen LogP contribution in [0.25, 0.3) is 10.2 Å². The number of nitrogens with zero attached hydrogens (tertiary/aromatic N) is 1. The van der Waals surface area contributed by atoms with Crippen LogP contribution in [0.3, 0.4) is 0 Å². The van der Waals surface area contributed by atoms with Crippen molar-refractivity contribution >= 4 is 39.6 Å². The van der Waals surface area contributed by atoms with Crippen LogP contribution in [0.1, 0.15) is 86.6 Å². The van der Waals surface area contributed by atoms with Crippen LogP contribution in [0.2, 0.25) is 0 Å². The second-order valence-electron chi connectivity index (χ2n) is 13.6. The minimum absolute atomic E-state index is 0.0134. The van der Waals surface area contributed by atoms with Gasteiger partial charge >= 0.3 is 6.18 Å². The Morgan fingerprint density at radius 1 is 1.15 bits per heavy atom. The highest BCUT2D eigenvalue weighted by Crippen LogP contribution is 2.49. The van der Waals surface area contributed by atoms with Crippen molar-refractivity contribution in [2.75, 3.05) is 12.4 Å². The first kappa shape index (κ1) is 35.1. The fourth-order valence-electron chi connectivity index (χ4n) is 7.71. The number of thiazole rings is 1. The molecule has 2 saturated heterocycles. The molecule has 1 aromatic heterocycles. The van der Waals surface area contributed by atoms with Gasteiger partial charge in [-0.15, -0.1) is 11.3 Å². The van der Waals surface area contributed by atoms with Crippen LogP contribution in [0.4, 0.5) is 23.2 Å². The molecule has 7 nitrogen and oxygen atoms in total. The summed E-state index contributed by atoms with van der Waals surface area (Å²) >= 11 is 1.56. The number of anilines is 1. The van der Waals surface area contributed by atoms with E-state index in [4.69, 9.17) is 9.47 Å². The molecule has 3 heterocycles. The van der Waals surface area contributed by atoms with Crippen molar-refractivity contribution in [2.45, 2.75) is 97.1 Å². The topological polar surface area (TPSA) is 89.6 Å². The number of alkyl halides is 3. The van der Waals surface area contributed by atoms with Crippen molar-refractivity contribution in [1.82, 2.24) is 10.3 Å². The summed E-state index contributed by atoms with van der Waals surface area (Å²) in [4.78, 5) is 27.4. The Bertz CT molecular complexity index is 1580. The van der Waals surface area contributed by atoms with Crippen molar-refractivity contribution in [2.24, 2.45) is 23.2 Å². The molecular weight excluding hydrogens is 634 g/mol. The minimum Gasteiger partial charge on any atom is -0.496 e. The maximum absolute atomic E-state index is 13.0. The summed E-state index contributed by atoms with van der Waals surface area (Å²) in [6, 6.07) is 6.29. The van der Waals surface area contributed by atoms with E-state index in [1.54, 1.807) is 18.4 Å². The molecule has 3 aromatic rings. The molecule has 6 unspecified atom stereocenters. The van der Waals surface area contributed by atoms with Crippen LogP contribution in [0.5, 0.6) is 5.75 Å². The molecule has 2 aromatic carbocycles. The van der Waals surface area contributed by atoms with E-state index in [9.17, 15) is 27.2 Å². The van der Waals surface area contributed by atoms with Crippen molar-refractivity contribution in [3.8, 4) is 5.75 Å². The van der Waals surface area contributed by atoms with E-state index in [0.717, 1.165) is 27.2 Å². The van der Waals surface area contributed by atoms with Crippen molar-refractivity contribution in [1.29, 1.82) is 0 Å². The van der Waals surface area contributed by atoms with Crippen molar-refractivity contribution in [3.05, 3.63) is 52.3 Å². The number of carbonyl (C=O) groups is 2. The minimum atomic E-state index is -4.76. The predicted molar refractivity (Wildman–Crippen MR) is 174 cm³/mol. The molecule has 256 valence electrons. The Labute approximate surface area is 276 Å². The summed E-state index contributed by atoms with van der Waals surface area (Å²) in [6.45, 7) is 8.94. The molecule has 0 spiro atoms. The molecular formula is C35H43F4N3O4S. The number of fused-ring (bicyclic) bond motifs is 5. The number of ether oxygens (including phenoxy) is 2. The number of carbonyl (C=O) groups excluding carboxylic acids is 2. The van der Waals surface area contributed by atoms with Gasteiger partial charge < -0.3 is 20.1 Å². The van der Waals surface area contributed by atoms with E-state index in [1.165, 1.54) is 44.9 Å². The normalized spacial score (nSPS) is 28.7. The molecule has 2 amide bonds. The highest BCUT2D eigenvalue weighted by atomic mass is 32.1. The summed E-state index contributed by atoms with van der Waals surface area (Å²) in [6.07, 6.45) is 5.84. The number of rotatable bonds is 6. The predicted octanol–water partition coefficient (Wildman–Crippen LogP) is 8.54. The lowest BCUT2D eigenvalue weighted by Crippen LogP contribution is -2.49. The van der Waals surface area contributed by atoms with Gasteiger partial charge in [0.15, 0.2) is 0 Å². The molecule has 5 aliphatic rings. The van der Waals surface area contributed by atoms with Crippen LogP contribution in [0, 0.1) is 35.9 Å². The molecule has 5 fully saturated rings. The zero-order chi connectivity index (χ0) is 34.1. The molecule has 2 aliphatic heterocycles. The zero-order valence-electron chi connectivity index (χ0n) is 27.4. The average Bonchev–Trinajstić information content (AvgIpc) is 3.72. The largest absolute Gasteiger partial charge is 0.496 e. The smallest absolute Gasteiger partial charge is 0.419 e. The van der Waals surface area contributed by atoms with E-state index in [2.05, 4.69) is 31.1 Å². The molecule has 8 rings (SSSR count). The average molecular weight is 678 g/mol. The number of halogens is 4. The molecule has 6 atom stereocenters. The van der Waals surface area contributed by atoms with Gasteiger partial charge in [0, 0.05) is 11.7 Å². The van der Waals surface area contributed by atoms with Gasteiger partial charge in [-0.3, -0.25) is 9.59 Å². The third kappa shape index (κ3) is 7.74. The molecule has 0 radical (unpaired) electrons. The fraction of sp³-hybridized carbons (Fsp3) is 0.571. The number of benzene rings is 2. The SMILES string of the molecule is CCC1(C)CC2CC(C1)O2.COc1ccc2nc(C)sc2c1C(=O)NC1C2CCC(C2)C1C.O=CNc1ccc(F)c(C(F)(F)F)c1. The van der Waals surface area contributed by atoms with Gasteiger partial charge in [0.25, 0.3) is 5.91 Å². The highest BCUT2D eigenvalue weighted by Gasteiger charge is 2.46. The summed E-state index contributed by atoms with van der Waals surface area (Å²) in [5.74, 6) is 1.26. The summed E-state index contributed by atoms with van der Waals surface area (Å²) in [7, 11) is 1.62. The first-order chi connectivity index (χ1) is 22.2. The second-order valence-corrected chi connectivity index (χ2v) is 14.8. The van der Waals surface area contributed by atoms with Crippen molar-refractivity contribution in [3.63, 3.8) is 0 Å². The van der Waals surface area contributed by atoms with Crippen LogP contribution < -0.4 is 15.4 Å². The molecule has 12 heteroatoms. The first-order valence-corrected chi connectivity index (χ1v) is 17.0. The molecule has 3 saturated carbocycles. The Balaban J connectivity index is 0.000000153. The Morgan fingerprint density at radius 3 is 2.38 bits per heavy atom. The van der Waals surface area contributed by atoms with Gasteiger partial charge in [0.1, 0.15) is 17.1 Å². The van der Waals surface area contributed by atoms with Gasteiger partial charge in [-0.2, -0.15) is 13.2 Å². The number of hydrogen-bond donors (Lipinski definition) is 2. The number of methoxy groups -OCH3 is 1. The number of hydrogen-bond acceptors (Lipinski definition) is 6. The lowest BCUT2D eigenvalue weighted by atomic mass is 9.69. The van der Waals surface area contributed by atoms with Gasteiger partial charge in [-0.25, -0.2) is 9.37 Å².